The first-order valence-corrected chi connectivity index (χ1v) is 9.70. The molecule has 0 bridgehead atoms. The smallest absolute Gasteiger partial charge is 0.378 e. The number of alkyl halides is 3. The highest BCUT2D eigenvalue weighted by atomic mass is 32.1. The summed E-state index contributed by atoms with van der Waals surface area (Å²) in [6.07, 6.45) is -2.88. The van der Waals surface area contributed by atoms with Crippen LogP contribution in [0.1, 0.15) is 17.7 Å². The van der Waals surface area contributed by atoms with Crippen LogP contribution in [0.3, 0.4) is 0 Å². The van der Waals surface area contributed by atoms with E-state index in [1.807, 2.05) is 30.3 Å². The Morgan fingerprint density at radius 2 is 1.86 bits per heavy atom. The van der Waals surface area contributed by atoms with Crippen molar-refractivity contribution in [1.29, 1.82) is 0 Å². The lowest BCUT2D eigenvalue weighted by Gasteiger charge is -2.28. The van der Waals surface area contributed by atoms with E-state index in [0.717, 1.165) is 18.9 Å². The Kier molecular flexibility index (Phi) is 7.21. The molecule has 0 aliphatic carbocycles. The Balaban J connectivity index is 1.60. The van der Waals surface area contributed by atoms with Crippen molar-refractivity contribution in [3.05, 3.63) is 47.7 Å². The Bertz CT molecular complexity index is 813. The molecule has 156 valence electrons. The van der Waals surface area contributed by atoms with Crippen molar-refractivity contribution in [2.75, 3.05) is 43.1 Å². The van der Waals surface area contributed by atoms with Crippen molar-refractivity contribution >= 4 is 29.1 Å². The summed E-state index contributed by atoms with van der Waals surface area (Å²) in [5.41, 5.74) is 0.202. The third kappa shape index (κ3) is 6.53. The quantitative estimate of drug-likeness (QED) is 0.544. The summed E-state index contributed by atoms with van der Waals surface area (Å²) in [5, 5.41) is 5.84. The minimum atomic E-state index is -4.58. The number of hydrogen-bond acceptors (Lipinski definition) is 5. The van der Waals surface area contributed by atoms with Crippen molar-refractivity contribution in [3.8, 4) is 0 Å². The van der Waals surface area contributed by atoms with Gasteiger partial charge in [-0.3, -0.25) is 0 Å². The molecule has 10 heteroatoms. The third-order valence-electron chi connectivity index (χ3n) is 4.33. The topological polar surface area (TPSA) is 62.3 Å². The van der Waals surface area contributed by atoms with Crippen molar-refractivity contribution in [2.24, 2.45) is 0 Å². The number of aromatic nitrogens is 2. The molecule has 0 spiro atoms. The first-order valence-electron chi connectivity index (χ1n) is 9.29. The first-order chi connectivity index (χ1) is 13.9. The summed E-state index contributed by atoms with van der Waals surface area (Å²) in [5.74, 6) is 0.0203. The van der Waals surface area contributed by atoms with Gasteiger partial charge < -0.3 is 20.3 Å². The van der Waals surface area contributed by atoms with Gasteiger partial charge in [-0.25, -0.2) is 4.98 Å². The molecule has 1 aromatic carbocycles. The van der Waals surface area contributed by atoms with Crippen LogP contribution in [-0.2, 0) is 17.3 Å². The van der Waals surface area contributed by atoms with Crippen LogP contribution in [0.15, 0.2) is 36.4 Å². The Labute approximate surface area is 172 Å². The fourth-order valence-electron chi connectivity index (χ4n) is 2.87. The number of morpholine rings is 1. The van der Waals surface area contributed by atoms with Crippen molar-refractivity contribution < 1.29 is 17.9 Å². The molecule has 1 aliphatic rings. The van der Waals surface area contributed by atoms with Gasteiger partial charge in [-0.05, 0) is 30.6 Å². The van der Waals surface area contributed by atoms with Gasteiger partial charge in [0.1, 0.15) is 5.82 Å². The Morgan fingerprint density at radius 1 is 1.14 bits per heavy atom. The molecule has 2 aromatic rings. The summed E-state index contributed by atoms with van der Waals surface area (Å²) >= 11 is 5.19. The van der Waals surface area contributed by atoms with E-state index in [4.69, 9.17) is 17.0 Å². The summed E-state index contributed by atoms with van der Waals surface area (Å²) in [6.45, 7) is 2.40. The number of benzene rings is 1. The van der Waals surface area contributed by atoms with Gasteiger partial charge in [-0.2, -0.15) is 18.2 Å². The molecule has 0 unspecified atom stereocenters. The summed E-state index contributed by atoms with van der Waals surface area (Å²) in [7, 11) is 0. The molecule has 2 N–H and O–H groups in total. The number of nitrogens with zero attached hydrogens (tertiary/aromatic N) is 3. The predicted octanol–water partition coefficient (Wildman–Crippen LogP) is 3.25. The first kappa shape index (κ1) is 21.3. The molecular formula is C19H22F3N5OS. The minimum absolute atomic E-state index is 0.179. The zero-order valence-electron chi connectivity index (χ0n) is 15.7. The lowest BCUT2D eigenvalue weighted by molar-refractivity contribution is -0.141. The second-order valence-electron chi connectivity index (χ2n) is 6.50. The van der Waals surface area contributed by atoms with E-state index >= 15 is 0 Å². The third-order valence-corrected chi connectivity index (χ3v) is 4.58. The van der Waals surface area contributed by atoms with Gasteiger partial charge in [0, 0.05) is 25.7 Å². The highest BCUT2D eigenvalue weighted by molar-refractivity contribution is 7.80. The largest absolute Gasteiger partial charge is 0.433 e. The lowest BCUT2D eigenvalue weighted by atomic mass is 10.1. The van der Waals surface area contributed by atoms with Crippen LogP contribution in [0.4, 0.5) is 24.9 Å². The van der Waals surface area contributed by atoms with Crippen molar-refractivity contribution in [3.63, 3.8) is 0 Å². The SMILES string of the molecule is FC(F)(F)c1cc(N2CCOCC2)nc(NC(=S)NCCCc2ccccc2)n1. The van der Waals surface area contributed by atoms with Gasteiger partial charge >= 0.3 is 6.18 Å². The normalized spacial score (nSPS) is 14.5. The van der Waals surface area contributed by atoms with Crippen LogP contribution >= 0.6 is 12.2 Å². The highest BCUT2D eigenvalue weighted by Crippen LogP contribution is 2.30. The number of anilines is 2. The lowest BCUT2D eigenvalue weighted by Crippen LogP contribution is -2.37. The van der Waals surface area contributed by atoms with Crippen LogP contribution in [-0.4, -0.2) is 47.9 Å². The maximum atomic E-state index is 13.3. The second-order valence-corrected chi connectivity index (χ2v) is 6.91. The number of halogens is 3. The number of rotatable bonds is 6. The molecule has 1 fully saturated rings. The fourth-order valence-corrected chi connectivity index (χ4v) is 3.07. The molecule has 0 saturated carbocycles. The van der Waals surface area contributed by atoms with Gasteiger partial charge in [0.2, 0.25) is 5.95 Å². The second kappa shape index (κ2) is 9.84. The summed E-state index contributed by atoms with van der Waals surface area (Å²) in [6, 6.07) is 11.0. The number of ether oxygens (including phenoxy) is 1. The van der Waals surface area contributed by atoms with E-state index in [2.05, 4.69) is 20.6 Å². The average molecular weight is 425 g/mol. The van der Waals surface area contributed by atoms with Crippen LogP contribution < -0.4 is 15.5 Å². The van der Waals surface area contributed by atoms with Crippen molar-refractivity contribution in [2.45, 2.75) is 19.0 Å². The molecule has 0 radical (unpaired) electrons. The molecule has 1 saturated heterocycles. The Hall–Kier alpha value is -2.46. The highest BCUT2D eigenvalue weighted by Gasteiger charge is 2.34. The summed E-state index contributed by atoms with van der Waals surface area (Å²) in [4.78, 5) is 9.53. The van der Waals surface area contributed by atoms with Gasteiger partial charge in [0.05, 0.1) is 13.2 Å². The van der Waals surface area contributed by atoms with E-state index < -0.39 is 11.9 Å². The molecule has 1 aromatic heterocycles. The zero-order valence-corrected chi connectivity index (χ0v) is 16.5. The standard InChI is InChI=1S/C19H22F3N5OS/c20-19(21,22)15-13-16(27-9-11-28-12-10-27)25-17(24-15)26-18(29)23-8-4-7-14-5-2-1-3-6-14/h1-3,5-6,13H,4,7-12H2,(H2,23,24,25,26,29). The monoisotopic (exact) mass is 425 g/mol. The van der Waals surface area contributed by atoms with Crippen LogP contribution in [0, 0.1) is 0 Å². The Morgan fingerprint density at radius 3 is 2.55 bits per heavy atom. The van der Waals surface area contributed by atoms with Crippen LogP contribution in [0.2, 0.25) is 0 Å². The van der Waals surface area contributed by atoms with Gasteiger partial charge in [0.25, 0.3) is 0 Å². The number of thiocarbonyl (C=S) groups is 1. The van der Waals surface area contributed by atoms with Gasteiger partial charge in [-0.1, -0.05) is 30.3 Å². The van der Waals surface area contributed by atoms with E-state index in [0.29, 0.717) is 32.8 Å². The van der Waals surface area contributed by atoms with E-state index in [9.17, 15) is 13.2 Å². The maximum absolute atomic E-state index is 13.3. The zero-order chi connectivity index (χ0) is 20.7. The molecule has 6 nitrogen and oxygen atoms in total. The molecule has 0 amide bonds. The summed E-state index contributed by atoms with van der Waals surface area (Å²) < 4.78 is 45.0. The van der Waals surface area contributed by atoms with E-state index in [1.165, 1.54) is 5.56 Å². The molecule has 2 heterocycles. The van der Waals surface area contributed by atoms with Gasteiger partial charge in [-0.15, -0.1) is 0 Å². The number of hydrogen-bond donors (Lipinski definition) is 2. The fraction of sp³-hybridized carbons (Fsp3) is 0.421. The molecule has 1 aliphatic heterocycles. The van der Waals surface area contributed by atoms with Crippen LogP contribution in [0.5, 0.6) is 0 Å². The maximum Gasteiger partial charge on any atom is 0.433 e. The molecule has 3 rings (SSSR count). The predicted molar refractivity (Wildman–Crippen MR) is 109 cm³/mol. The van der Waals surface area contributed by atoms with Gasteiger partial charge in [0.15, 0.2) is 10.8 Å². The molecule has 0 atom stereocenters. The van der Waals surface area contributed by atoms with E-state index in [-0.39, 0.29) is 16.9 Å². The average Bonchev–Trinajstić information content (AvgIpc) is 2.72. The number of aryl methyl sites for hydroxylation is 1. The molecule has 29 heavy (non-hydrogen) atoms. The molecular weight excluding hydrogens is 403 g/mol. The minimum Gasteiger partial charge on any atom is -0.378 e. The van der Waals surface area contributed by atoms with Crippen LogP contribution in [0.25, 0.3) is 0 Å². The van der Waals surface area contributed by atoms with Crippen molar-refractivity contribution in [1.82, 2.24) is 15.3 Å². The van der Waals surface area contributed by atoms with E-state index in [1.54, 1.807) is 4.90 Å². The number of nitrogens with one attached hydrogen (secondary N) is 2.